The molecule has 0 atom stereocenters. The Labute approximate surface area is 208 Å². The van der Waals surface area contributed by atoms with Gasteiger partial charge in [0, 0.05) is 37.6 Å². The van der Waals surface area contributed by atoms with Crippen molar-refractivity contribution < 1.29 is 27.1 Å². The molecule has 1 fully saturated rings. The maximum atomic E-state index is 14.5. The summed E-state index contributed by atoms with van der Waals surface area (Å²) in [6, 6.07) is 6.69. The van der Waals surface area contributed by atoms with Crippen molar-refractivity contribution in [1.29, 1.82) is 0 Å². The molecule has 1 aromatic carbocycles. The number of aromatic nitrogens is 3. The van der Waals surface area contributed by atoms with Crippen LogP contribution in [0.4, 0.5) is 52.3 Å². The van der Waals surface area contributed by atoms with Crippen LogP contribution in [0.2, 0.25) is 0 Å². The number of fused-ring (bicyclic) bond motifs is 1. The number of carbonyl (C=O) groups is 1. The highest BCUT2D eigenvalue weighted by molar-refractivity contribution is 5.94. The number of alkyl halides is 3. The maximum Gasteiger partial charge on any atom is 0.416 e. The van der Waals surface area contributed by atoms with Crippen LogP contribution in [0.5, 0.6) is 5.75 Å². The molecule has 0 unspecified atom stereocenters. The van der Waals surface area contributed by atoms with Crippen molar-refractivity contribution in [3.8, 4) is 5.75 Å². The largest absolute Gasteiger partial charge is 0.480 e. The maximum absolute atomic E-state index is 14.5. The Balaban J connectivity index is 1.40. The number of halogens is 4. The third-order valence-corrected chi connectivity index (χ3v) is 5.84. The molecule has 10 nitrogen and oxygen atoms in total. The van der Waals surface area contributed by atoms with Gasteiger partial charge in [-0.2, -0.15) is 18.2 Å². The van der Waals surface area contributed by atoms with Gasteiger partial charge in [-0.1, -0.05) is 0 Å². The molecule has 14 heteroatoms. The minimum Gasteiger partial charge on any atom is -0.480 e. The molecule has 2 aliphatic rings. The van der Waals surface area contributed by atoms with Gasteiger partial charge in [0.25, 0.3) is 5.91 Å². The summed E-state index contributed by atoms with van der Waals surface area (Å²) in [4.78, 5) is 27.6. The summed E-state index contributed by atoms with van der Waals surface area (Å²) in [5.41, 5.74) is -0.309. The van der Waals surface area contributed by atoms with Crippen molar-refractivity contribution in [3.05, 3.63) is 47.9 Å². The summed E-state index contributed by atoms with van der Waals surface area (Å²) in [7, 11) is 1.96. The molecule has 3 N–H and O–H groups in total. The Hall–Kier alpha value is -4.20. The first-order chi connectivity index (χ1) is 17.6. The molecule has 5 rings (SSSR count). The molecule has 1 saturated heterocycles. The molecule has 0 spiro atoms. The fourth-order valence-electron chi connectivity index (χ4n) is 3.89. The second-order valence-corrected chi connectivity index (χ2v) is 8.58. The van der Waals surface area contributed by atoms with Crippen molar-refractivity contribution in [1.82, 2.24) is 19.9 Å². The minimum absolute atomic E-state index is 0.105. The fraction of sp³-hybridized carbons (Fsp3) is 0.304. The number of carbonyl (C=O) groups excluding carboxylic acids is 1. The SMILES string of the molecule is CN1CCN(c2cc(Nc3ncc(F)c(Nc4ccc5c(n4)NC(=O)CO5)n3)cc(C(F)(F)F)c2)CC1. The Morgan fingerprint density at radius 1 is 1.05 bits per heavy atom. The number of amides is 1. The first-order valence-corrected chi connectivity index (χ1v) is 11.3. The normalized spacial score (nSPS) is 16.0. The van der Waals surface area contributed by atoms with Gasteiger partial charge in [0.1, 0.15) is 5.82 Å². The van der Waals surface area contributed by atoms with Crippen LogP contribution in [-0.4, -0.2) is 65.6 Å². The predicted molar refractivity (Wildman–Crippen MR) is 128 cm³/mol. The van der Waals surface area contributed by atoms with Crippen LogP contribution in [-0.2, 0) is 11.0 Å². The first-order valence-electron chi connectivity index (χ1n) is 11.3. The second kappa shape index (κ2) is 9.69. The van der Waals surface area contributed by atoms with Crippen LogP contribution < -0.4 is 25.6 Å². The molecular formula is C23H22F4N8O2. The van der Waals surface area contributed by atoms with E-state index < -0.39 is 17.6 Å². The topological polar surface area (TPSA) is 108 Å². The van der Waals surface area contributed by atoms with E-state index in [1.165, 1.54) is 6.07 Å². The van der Waals surface area contributed by atoms with Crippen molar-refractivity contribution >= 4 is 40.7 Å². The average molecular weight is 518 g/mol. The van der Waals surface area contributed by atoms with Crippen LogP contribution in [0, 0.1) is 5.82 Å². The van der Waals surface area contributed by atoms with Gasteiger partial charge < -0.3 is 30.5 Å². The number of ether oxygens (including phenoxy) is 1. The molecule has 0 bridgehead atoms. The van der Waals surface area contributed by atoms with Crippen LogP contribution in [0.15, 0.2) is 36.5 Å². The van der Waals surface area contributed by atoms with Gasteiger partial charge in [0.05, 0.1) is 11.8 Å². The van der Waals surface area contributed by atoms with Crippen LogP contribution in [0.25, 0.3) is 0 Å². The second-order valence-electron chi connectivity index (χ2n) is 8.58. The van der Waals surface area contributed by atoms with E-state index in [0.717, 1.165) is 31.4 Å². The number of nitrogens with zero attached hydrogens (tertiary/aromatic N) is 5. The molecule has 1 amide bonds. The molecule has 2 aliphatic heterocycles. The zero-order valence-electron chi connectivity index (χ0n) is 19.6. The first kappa shape index (κ1) is 24.5. The van der Waals surface area contributed by atoms with E-state index in [1.807, 2.05) is 11.9 Å². The van der Waals surface area contributed by atoms with E-state index in [1.54, 1.807) is 12.1 Å². The lowest BCUT2D eigenvalue weighted by Crippen LogP contribution is -2.44. The van der Waals surface area contributed by atoms with Crippen molar-refractivity contribution in [3.63, 3.8) is 0 Å². The van der Waals surface area contributed by atoms with Crippen LogP contribution >= 0.6 is 0 Å². The molecule has 0 radical (unpaired) electrons. The van der Waals surface area contributed by atoms with E-state index in [-0.39, 0.29) is 41.6 Å². The Bertz CT molecular complexity index is 1330. The molecule has 3 aromatic rings. The number of hydrogen-bond donors (Lipinski definition) is 3. The summed E-state index contributed by atoms with van der Waals surface area (Å²) in [5, 5.41) is 7.98. The third kappa shape index (κ3) is 5.63. The third-order valence-electron chi connectivity index (χ3n) is 5.84. The zero-order valence-corrected chi connectivity index (χ0v) is 19.6. The molecule has 37 heavy (non-hydrogen) atoms. The van der Waals surface area contributed by atoms with Gasteiger partial charge in [0.15, 0.2) is 29.8 Å². The van der Waals surface area contributed by atoms with E-state index in [2.05, 4.69) is 35.8 Å². The summed E-state index contributed by atoms with van der Waals surface area (Å²) in [6.07, 6.45) is -3.68. The monoisotopic (exact) mass is 518 g/mol. The number of piperazine rings is 1. The lowest BCUT2D eigenvalue weighted by Gasteiger charge is -2.34. The molecule has 0 saturated carbocycles. The lowest BCUT2D eigenvalue weighted by atomic mass is 10.1. The van der Waals surface area contributed by atoms with E-state index >= 15 is 0 Å². The Morgan fingerprint density at radius 3 is 2.59 bits per heavy atom. The summed E-state index contributed by atoms with van der Waals surface area (Å²) in [6.45, 7) is 2.47. The number of anilines is 6. The quantitative estimate of drug-likeness (QED) is 0.437. The van der Waals surface area contributed by atoms with Gasteiger partial charge in [-0.05, 0) is 37.4 Å². The fourth-order valence-corrected chi connectivity index (χ4v) is 3.89. The Kier molecular flexibility index (Phi) is 6.41. The lowest BCUT2D eigenvalue weighted by molar-refractivity contribution is -0.137. The van der Waals surface area contributed by atoms with Gasteiger partial charge in [-0.25, -0.2) is 14.4 Å². The predicted octanol–water partition coefficient (Wildman–Crippen LogP) is 3.60. The van der Waals surface area contributed by atoms with Crippen molar-refractivity contribution in [2.75, 3.05) is 60.7 Å². The zero-order chi connectivity index (χ0) is 26.2. The van der Waals surface area contributed by atoms with Crippen LogP contribution in [0.1, 0.15) is 5.56 Å². The Morgan fingerprint density at radius 2 is 1.84 bits per heavy atom. The van der Waals surface area contributed by atoms with E-state index in [9.17, 15) is 22.4 Å². The van der Waals surface area contributed by atoms with Crippen molar-refractivity contribution in [2.24, 2.45) is 0 Å². The molecular weight excluding hydrogens is 496 g/mol. The highest BCUT2D eigenvalue weighted by atomic mass is 19.4. The standard InChI is InChI=1S/C23H22F4N8O2/c1-34-4-6-35(7-5-34)15-9-13(23(25,26)27)8-14(10-15)29-22-28-11-16(24)20(33-22)30-18-3-2-17-21(31-18)32-19(36)12-37-17/h2-3,8-11H,4-7,12H2,1H3,(H3,28,29,30,31,32,33,36). The molecule has 0 aliphatic carbocycles. The van der Waals surface area contributed by atoms with Gasteiger partial charge in [0.2, 0.25) is 5.95 Å². The highest BCUT2D eigenvalue weighted by Crippen LogP contribution is 2.35. The molecule has 2 aromatic heterocycles. The van der Waals surface area contributed by atoms with Gasteiger partial charge in [-0.15, -0.1) is 0 Å². The number of likely N-dealkylation sites (N-methyl/N-ethyl adjacent to an activating group) is 1. The summed E-state index contributed by atoms with van der Waals surface area (Å²) < 4.78 is 60.6. The number of nitrogens with one attached hydrogen (secondary N) is 3. The van der Waals surface area contributed by atoms with Gasteiger partial charge in [-0.3, -0.25) is 4.79 Å². The van der Waals surface area contributed by atoms with Gasteiger partial charge >= 0.3 is 6.18 Å². The minimum atomic E-state index is -4.56. The smallest absolute Gasteiger partial charge is 0.416 e. The summed E-state index contributed by atoms with van der Waals surface area (Å²) in [5.74, 6) is -0.904. The summed E-state index contributed by atoms with van der Waals surface area (Å²) >= 11 is 0. The number of pyridine rings is 1. The van der Waals surface area contributed by atoms with Crippen LogP contribution in [0.3, 0.4) is 0 Å². The highest BCUT2D eigenvalue weighted by Gasteiger charge is 2.32. The number of hydrogen-bond acceptors (Lipinski definition) is 9. The number of benzene rings is 1. The number of rotatable bonds is 5. The van der Waals surface area contributed by atoms with E-state index in [0.29, 0.717) is 24.5 Å². The van der Waals surface area contributed by atoms with Crippen molar-refractivity contribution in [2.45, 2.75) is 6.18 Å². The van der Waals surface area contributed by atoms with E-state index in [4.69, 9.17) is 4.74 Å². The molecule has 194 valence electrons. The molecule has 4 heterocycles. The average Bonchev–Trinajstić information content (AvgIpc) is 2.85.